The molecule has 6 heteroatoms. The number of hydrogen-bond donors (Lipinski definition) is 2. The van der Waals surface area contributed by atoms with Gasteiger partial charge in [0.15, 0.2) is 5.72 Å². The minimum absolute atomic E-state index is 0.0103. The van der Waals surface area contributed by atoms with Crippen molar-refractivity contribution in [1.29, 1.82) is 0 Å². The second kappa shape index (κ2) is 8.17. The fourth-order valence-corrected chi connectivity index (χ4v) is 3.86. The second-order valence-electron chi connectivity index (χ2n) is 7.47. The van der Waals surface area contributed by atoms with E-state index < -0.39 is 10.6 Å². The number of nitrogens with two attached hydrogens (primary N) is 1. The molecule has 0 spiro atoms. The molecule has 3 N–H and O–H groups in total. The van der Waals surface area contributed by atoms with E-state index in [0.717, 1.165) is 32.4 Å². The lowest BCUT2D eigenvalue weighted by Gasteiger charge is -2.42. The van der Waals surface area contributed by atoms with E-state index in [1.807, 2.05) is 13.0 Å². The van der Waals surface area contributed by atoms with Gasteiger partial charge in [-0.15, -0.1) is 0 Å². The number of nitro groups is 1. The van der Waals surface area contributed by atoms with Crippen LogP contribution in [0.4, 0.5) is 5.69 Å². The molecule has 0 aliphatic carbocycles. The van der Waals surface area contributed by atoms with E-state index in [0.29, 0.717) is 11.5 Å². The van der Waals surface area contributed by atoms with E-state index in [9.17, 15) is 15.2 Å². The van der Waals surface area contributed by atoms with Crippen molar-refractivity contribution >= 4 is 5.69 Å². The smallest absolute Gasteiger partial charge is 0.269 e. The first kappa shape index (κ1) is 19.5. The van der Waals surface area contributed by atoms with Crippen molar-refractivity contribution in [3.63, 3.8) is 0 Å². The van der Waals surface area contributed by atoms with Gasteiger partial charge < -0.3 is 5.11 Å². The van der Waals surface area contributed by atoms with E-state index in [1.165, 1.54) is 29.8 Å². The molecule has 6 nitrogen and oxygen atoms in total. The fraction of sp³-hybridized carbons (Fsp3) is 0.429. The first-order valence-electron chi connectivity index (χ1n) is 9.42. The Morgan fingerprint density at radius 2 is 1.78 bits per heavy atom. The number of nitro benzene ring substituents is 1. The molecular formula is C21H27N3O3. The highest BCUT2D eigenvalue weighted by Gasteiger charge is 2.37. The molecule has 0 radical (unpaired) electrons. The van der Waals surface area contributed by atoms with Crippen LogP contribution in [0, 0.1) is 16.0 Å². The van der Waals surface area contributed by atoms with Crippen LogP contribution >= 0.6 is 0 Å². The Kier molecular flexibility index (Phi) is 5.89. The quantitative estimate of drug-likeness (QED) is 0.464. The number of rotatable bonds is 6. The lowest BCUT2D eigenvalue weighted by atomic mass is 9.88. The van der Waals surface area contributed by atoms with Crippen LogP contribution in [0.3, 0.4) is 0 Å². The number of likely N-dealkylation sites (tertiary alicyclic amines) is 1. The van der Waals surface area contributed by atoms with Crippen molar-refractivity contribution in [2.45, 2.75) is 38.0 Å². The summed E-state index contributed by atoms with van der Waals surface area (Å²) in [6.45, 7) is 3.68. The third-order valence-corrected chi connectivity index (χ3v) is 5.74. The zero-order valence-electron chi connectivity index (χ0n) is 15.6. The van der Waals surface area contributed by atoms with Gasteiger partial charge in [-0.3, -0.25) is 20.7 Å². The minimum Gasteiger partial charge on any atom is -0.370 e. The molecule has 2 unspecified atom stereocenters. The summed E-state index contributed by atoms with van der Waals surface area (Å²) < 4.78 is 0. The maximum Gasteiger partial charge on any atom is 0.269 e. The molecule has 0 saturated carbocycles. The Balaban J connectivity index is 1.60. The largest absolute Gasteiger partial charge is 0.370 e. The average Bonchev–Trinajstić information content (AvgIpc) is 2.69. The summed E-state index contributed by atoms with van der Waals surface area (Å²) in [5.74, 6) is 0.640. The van der Waals surface area contributed by atoms with Crippen LogP contribution < -0.4 is 5.73 Å². The Bertz CT molecular complexity index is 754. The van der Waals surface area contributed by atoms with Crippen LogP contribution in [0.15, 0.2) is 54.6 Å². The molecule has 0 aromatic heterocycles. The van der Waals surface area contributed by atoms with E-state index in [1.54, 1.807) is 0 Å². The van der Waals surface area contributed by atoms with Crippen LogP contribution in [0.2, 0.25) is 0 Å². The summed E-state index contributed by atoms with van der Waals surface area (Å²) in [7, 11) is 0. The highest BCUT2D eigenvalue weighted by molar-refractivity contribution is 5.35. The Hall–Kier alpha value is -2.28. The van der Waals surface area contributed by atoms with Crippen molar-refractivity contribution < 1.29 is 10.0 Å². The highest BCUT2D eigenvalue weighted by atomic mass is 16.6. The highest BCUT2D eigenvalue weighted by Crippen LogP contribution is 2.29. The molecule has 1 saturated heterocycles. The van der Waals surface area contributed by atoms with E-state index in [2.05, 4.69) is 29.2 Å². The number of non-ortho nitro benzene ring substituents is 1. The molecule has 27 heavy (non-hydrogen) atoms. The summed E-state index contributed by atoms with van der Waals surface area (Å²) in [5, 5.41) is 21.7. The van der Waals surface area contributed by atoms with E-state index >= 15 is 0 Å². The summed E-state index contributed by atoms with van der Waals surface area (Å²) in [5.41, 5.74) is 6.53. The molecular weight excluding hydrogens is 342 g/mol. The lowest BCUT2D eigenvalue weighted by molar-refractivity contribution is -0.384. The van der Waals surface area contributed by atoms with Gasteiger partial charge in [0.1, 0.15) is 0 Å². The number of benzene rings is 2. The van der Waals surface area contributed by atoms with Crippen LogP contribution in [-0.2, 0) is 12.1 Å². The van der Waals surface area contributed by atoms with Crippen molar-refractivity contribution in [3.05, 3.63) is 75.8 Å². The predicted octanol–water partition coefficient (Wildman–Crippen LogP) is 3.04. The number of aliphatic hydroxyl groups is 1. The molecule has 1 aliphatic rings. The van der Waals surface area contributed by atoms with Gasteiger partial charge in [-0.1, -0.05) is 30.3 Å². The third-order valence-electron chi connectivity index (χ3n) is 5.74. The average molecular weight is 369 g/mol. The lowest BCUT2D eigenvalue weighted by Crippen LogP contribution is -2.56. The van der Waals surface area contributed by atoms with Crippen LogP contribution in [0.5, 0.6) is 0 Å². The monoisotopic (exact) mass is 369 g/mol. The summed E-state index contributed by atoms with van der Waals surface area (Å²) >= 11 is 0. The first-order valence-corrected chi connectivity index (χ1v) is 9.42. The van der Waals surface area contributed by atoms with Gasteiger partial charge in [-0.25, -0.2) is 0 Å². The Morgan fingerprint density at radius 3 is 2.33 bits per heavy atom. The molecule has 2 atom stereocenters. The molecule has 1 aliphatic heterocycles. The Morgan fingerprint density at radius 1 is 1.19 bits per heavy atom. The van der Waals surface area contributed by atoms with Gasteiger partial charge in [0.2, 0.25) is 0 Å². The van der Waals surface area contributed by atoms with Crippen LogP contribution in [-0.4, -0.2) is 34.1 Å². The SMILES string of the molecule is CC(N1CCC(Cc2ccccc2)CC1)C(N)(O)c1ccc([N+](=O)[O-])cc1. The summed E-state index contributed by atoms with van der Waals surface area (Å²) in [4.78, 5) is 12.6. The maximum atomic E-state index is 10.9. The van der Waals surface area contributed by atoms with Crippen molar-refractivity contribution in [2.75, 3.05) is 13.1 Å². The van der Waals surface area contributed by atoms with Crippen molar-refractivity contribution in [1.82, 2.24) is 4.90 Å². The van der Waals surface area contributed by atoms with Gasteiger partial charge >= 0.3 is 0 Å². The molecule has 0 bridgehead atoms. The molecule has 1 heterocycles. The predicted molar refractivity (Wildman–Crippen MR) is 105 cm³/mol. The molecule has 2 aromatic rings. The van der Waals surface area contributed by atoms with Crippen LogP contribution in [0.25, 0.3) is 0 Å². The minimum atomic E-state index is -1.55. The zero-order chi connectivity index (χ0) is 19.4. The van der Waals surface area contributed by atoms with Crippen LogP contribution in [0.1, 0.15) is 30.9 Å². The first-order chi connectivity index (χ1) is 12.9. The van der Waals surface area contributed by atoms with Gasteiger partial charge in [-0.05, 0) is 62.9 Å². The molecule has 0 amide bonds. The number of hydrogen-bond acceptors (Lipinski definition) is 5. The zero-order valence-corrected chi connectivity index (χ0v) is 15.6. The van der Waals surface area contributed by atoms with Crippen molar-refractivity contribution in [3.8, 4) is 0 Å². The summed E-state index contributed by atoms with van der Waals surface area (Å²) in [6.07, 6.45) is 3.21. The van der Waals surface area contributed by atoms with Gasteiger partial charge in [0.25, 0.3) is 5.69 Å². The van der Waals surface area contributed by atoms with E-state index in [4.69, 9.17) is 5.73 Å². The second-order valence-corrected chi connectivity index (χ2v) is 7.47. The molecule has 2 aromatic carbocycles. The molecule has 1 fully saturated rings. The van der Waals surface area contributed by atoms with Gasteiger partial charge in [0, 0.05) is 17.7 Å². The van der Waals surface area contributed by atoms with Gasteiger partial charge in [0.05, 0.1) is 11.0 Å². The Labute approximate surface area is 159 Å². The number of piperidine rings is 1. The molecule has 144 valence electrons. The topological polar surface area (TPSA) is 92.6 Å². The third kappa shape index (κ3) is 4.53. The number of nitrogens with zero attached hydrogens (tertiary/aromatic N) is 2. The molecule has 3 rings (SSSR count). The maximum absolute atomic E-state index is 10.9. The standard InChI is InChI=1S/C21H27N3O3/c1-16(21(22,25)19-7-9-20(10-8-19)24(26)27)23-13-11-18(12-14-23)15-17-5-3-2-4-6-17/h2-10,16,18,25H,11-15,22H2,1H3. The fourth-order valence-electron chi connectivity index (χ4n) is 3.86. The normalized spacial score (nSPS) is 19.4. The van der Waals surface area contributed by atoms with Crippen molar-refractivity contribution in [2.24, 2.45) is 11.7 Å². The van der Waals surface area contributed by atoms with E-state index in [-0.39, 0.29) is 11.7 Å². The van der Waals surface area contributed by atoms with Gasteiger partial charge in [-0.2, -0.15) is 0 Å². The summed E-state index contributed by atoms with van der Waals surface area (Å²) in [6, 6.07) is 16.1.